The van der Waals surface area contributed by atoms with E-state index in [2.05, 4.69) is 18.6 Å². The molecule has 1 aromatic rings. The molecule has 0 spiro atoms. The molecule has 1 atom stereocenters. The van der Waals surface area contributed by atoms with Gasteiger partial charge in [-0.25, -0.2) is 13.1 Å². The van der Waals surface area contributed by atoms with Crippen LogP contribution in [0.4, 0.5) is 0 Å². The highest BCUT2D eigenvalue weighted by Gasteiger charge is 2.22. The Labute approximate surface area is 122 Å². The highest BCUT2D eigenvalue weighted by atomic mass is 32.2. The second-order valence-corrected chi connectivity index (χ2v) is 7.68. The average Bonchev–Trinajstić information content (AvgIpc) is 2.37. The molecule has 1 unspecified atom stereocenters. The van der Waals surface area contributed by atoms with Crippen molar-refractivity contribution in [3.8, 4) is 0 Å². The van der Waals surface area contributed by atoms with Crippen molar-refractivity contribution in [2.45, 2.75) is 51.0 Å². The van der Waals surface area contributed by atoms with Gasteiger partial charge in [0.1, 0.15) is 0 Å². The predicted molar refractivity (Wildman–Crippen MR) is 81.1 cm³/mol. The van der Waals surface area contributed by atoms with Gasteiger partial charge in [-0.05, 0) is 43.4 Å². The summed E-state index contributed by atoms with van der Waals surface area (Å²) in [5.74, 6) is 0.537. The van der Waals surface area contributed by atoms with Gasteiger partial charge in [-0.2, -0.15) is 0 Å². The Bertz CT molecular complexity index is 519. The van der Waals surface area contributed by atoms with Crippen LogP contribution < -0.4 is 4.72 Å². The minimum Gasteiger partial charge on any atom is -0.389 e. The summed E-state index contributed by atoms with van der Waals surface area (Å²) in [4.78, 5) is 0.233. The standard InChI is InChI=1S/C15H25NO3S/c1-5-15(4,17)11-16-20(18,19)14-8-6-13(7-9-14)10-12(2)3/h6-9,12,16-17H,5,10-11H2,1-4H3. The van der Waals surface area contributed by atoms with E-state index in [1.807, 2.05) is 19.1 Å². The van der Waals surface area contributed by atoms with Crippen molar-refractivity contribution in [1.29, 1.82) is 0 Å². The van der Waals surface area contributed by atoms with Crippen LogP contribution in [0.5, 0.6) is 0 Å². The van der Waals surface area contributed by atoms with Crippen LogP contribution in [0.2, 0.25) is 0 Å². The van der Waals surface area contributed by atoms with Crippen molar-refractivity contribution in [3.63, 3.8) is 0 Å². The topological polar surface area (TPSA) is 66.4 Å². The molecule has 1 rings (SSSR count). The Morgan fingerprint density at radius 1 is 1.25 bits per heavy atom. The van der Waals surface area contributed by atoms with Gasteiger partial charge in [0.05, 0.1) is 10.5 Å². The molecule has 0 bridgehead atoms. The SMILES string of the molecule is CCC(C)(O)CNS(=O)(=O)c1ccc(CC(C)C)cc1. The molecule has 4 nitrogen and oxygen atoms in total. The van der Waals surface area contributed by atoms with Gasteiger partial charge in [0, 0.05) is 6.54 Å². The molecule has 20 heavy (non-hydrogen) atoms. The number of sulfonamides is 1. The molecule has 0 radical (unpaired) electrons. The van der Waals surface area contributed by atoms with Gasteiger partial charge in [-0.3, -0.25) is 0 Å². The molecular formula is C15H25NO3S. The van der Waals surface area contributed by atoms with Crippen LogP contribution in [0.1, 0.15) is 39.7 Å². The molecule has 0 aliphatic carbocycles. The normalized spacial score (nSPS) is 15.3. The fourth-order valence-electron chi connectivity index (χ4n) is 1.73. The Kier molecular flexibility index (Phi) is 5.74. The molecule has 0 saturated carbocycles. The first kappa shape index (κ1) is 17.1. The third kappa shape index (κ3) is 5.23. The third-order valence-corrected chi connectivity index (χ3v) is 4.70. The van der Waals surface area contributed by atoms with Gasteiger partial charge in [0.25, 0.3) is 0 Å². The average molecular weight is 299 g/mol. The van der Waals surface area contributed by atoms with Crippen LogP contribution in [0, 0.1) is 5.92 Å². The number of benzene rings is 1. The lowest BCUT2D eigenvalue weighted by Gasteiger charge is -2.21. The largest absolute Gasteiger partial charge is 0.389 e. The third-order valence-electron chi connectivity index (χ3n) is 3.28. The minimum atomic E-state index is -3.56. The molecule has 5 heteroatoms. The van der Waals surface area contributed by atoms with Crippen LogP contribution >= 0.6 is 0 Å². The zero-order valence-corrected chi connectivity index (χ0v) is 13.5. The van der Waals surface area contributed by atoms with Crippen molar-refractivity contribution in [3.05, 3.63) is 29.8 Å². The quantitative estimate of drug-likeness (QED) is 0.812. The second kappa shape index (κ2) is 6.70. The van der Waals surface area contributed by atoms with Gasteiger partial charge < -0.3 is 5.11 Å². The van der Waals surface area contributed by atoms with E-state index >= 15 is 0 Å². The first-order chi connectivity index (χ1) is 9.16. The second-order valence-electron chi connectivity index (χ2n) is 5.92. The summed E-state index contributed by atoms with van der Waals surface area (Å²) in [7, 11) is -3.56. The van der Waals surface area contributed by atoms with Crippen molar-refractivity contribution in [2.75, 3.05) is 6.54 Å². The van der Waals surface area contributed by atoms with Gasteiger partial charge in [-0.1, -0.05) is 32.9 Å². The molecule has 1 aromatic carbocycles. The van der Waals surface area contributed by atoms with E-state index in [1.54, 1.807) is 19.1 Å². The van der Waals surface area contributed by atoms with Gasteiger partial charge in [0.15, 0.2) is 0 Å². The number of nitrogens with one attached hydrogen (secondary N) is 1. The Morgan fingerprint density at radius 3 is 2.25 bits per heavy atom. The van der Waals surface area contributed by atoms with Crippen molar-refractivity contribution < 1.29 is 13.5 Å². The molecule has 0 fully saturated rings. The molecule has 0 heterocycles. The number of hydrogen-bond donors (Lipinski definition) is 2. The predicted octanol–water partition coefficient (Wildman–Crippen LogP) is 2.32. The first-order valence-corrected chi connectivity index (χ1v) is 8.45. The summed E-state index contributed by atoms with van der Waals surface area (Å²) in [6.07, 6.45) is 1.42. The lowest BCUT2D eigenvalue weighted by Crippen LogP contribution is -2.40. The maximum absolute atomic E-state index is 12.1. The number of aliphatic hydroxyl groups is 1. The lowest BCUT2D eigenvalue weighted by atomic mass is 10.0. The fourth-order valence-corrected chi connectivity index (χ4v) is 2.90. The van der Waals surface area contributed by atoms with Gasteiger partial charge >= 0.3 is 0 Å². The van der Waals surface area contributed by atoms with E-state index in [0.717, 1.165) is 12.0 Å². The van der Waals surface area contributed by atoms with Crippen LogP contribution in [-0.4, -0.2) is 25.7 Å². The summed E-state index contributed by atoms with van der Waals surface area (Å²) in [5.41, 5.74) is 0.101. The molecule has 0 aliphatic rings. The Balaban J connectivity index is 2.78. The highest BCUT2D eigenvalue weighted by Crippen LogP contribution is 2.14. The summed E-state index contributed by atoms with van der Waals surface area (Å²) in [6.45, 7) is 7.69. The van der Waals surface area contributed by atoms with E-state index in [1.165, 1.54) is 0 Å². The van der Waals surface area contributed by atoms with E-state index in [4.69, 9.17) is 0 Å². The van der Waals surface area contributed by atoms with Crippen molar-refractivity contribution in [1.82, 2.24) is 4.72 Å². The van der Waals surface area contributed by atoms with Crippen LogP contribution in [0.3, 0.4) is 0 Å². The van der Waals surface area contributed by atoms with Crippen molar-refractivity contribution in [2.24, 2.45) is 5.92 Å². The monoisotopic (exact) mass is 299 g/mol. The molecule has 114 valence electrons. The fraction of sp³-hybridized carbons (Fsp3) is 0.600. The van der Waals surface area contributed by atoms with E-state index in [9.17, 15) is 13.5 Å². The molecule has 0 aliphatic heterocycles. The highest BCUT2D eigenvalue weighted by molar-refractivity contribution is 7.89. The molecular weight excluding hydrogens is 274 g/mol. The summed E-state index contributed by atoms with van der Waals surface area (Å²) in [5, 5.41) is 9.85. The van der Waals surface area contributed by atoms with Gasteiger partial charge in [0.2, 0.25) is 10.0 Å². The lowest BCUT2D eigenvalue weighted by molar-refractivity contribution is 0.0613. The maximum atomic E-state index is 12.1. The smallest absolute Gasteiger partial charge is 0.240 e. The Hall–Kier alpha value is -0.910. The summed E-state index contributed by atoms with van der Waals surface area (Å²) >= 11 is 0. The van der Waals surface area contributed by atoms with E-state index in [-0.39, 0.29) is 11.4 Å². The Morgan fingerprint density at radius 2 is 1.80 bits per heavy atom. The molecule has 0 amide bonds. The van der Waals surface area contributed by atoms with E-state index in [0.29, 0.717) is 12.3 Å². The molecule has 0 aromatic heterocycles. The summed E-state index contributed by atoms with van der Waals surface area (Å²) < 4.78 is 26.7. The first-order valence-electron chi connectivity index (χ1n) is 6.97. The van der Waals surface area contributed by atoms with Crippen molar-refractivity contribution >= 4 is 10.0 Å². The van der Waals surface area contributed by atoms with Crippen LogP contribution in [-0.2, 0) is 16.4 Å². The zero-order chi connectivity index (χ0) is 15.4. The van der Waals surface area contributed by atoms with E-state index < -0.39 is 15.6 Å². The number of hydrogen-bond acceptors (Lipinski definition) is 3. The zero-order valence-electron chi connectivity index (χ0n) is 12.7. The van der Waals surface area contributed by atoms with Crippen LogP contribution in [0.25, 0.3) is 0 Å². The summed E-state index contributed by atoms with van der Waals surface area (Å²) in [6, 6.07) is 6.90. The minimum absolute atomic E-state index is 0.0135. The molecule has 2 N–H and O–H groups in total. The number of rotatable bonds is 7. The maximum Gasteiger partial charge on any atom is 0.240 e. The molecule has 0 saturated heterocycles. The van der Waals surface area contributed by atoms with Gasteiger partial charge in [-0.15, -0.1) is 0 Å². The van der Waals surface area contributed by atoms with Crippen LogP contribution in [0.15, 0.2) is 29.2 Å².